The number of carbonyl (C=O) groups is 1. The van der Waals surface area contributed by atoms with Gasteiger partial charge in [0.2, 0.25) is 0 Å². The molecule has 0 aliphatic carbocycles. The van der Waals surface area contributed by atoms with Crippen LogP contribution in [-0.4, -0.2) is 34.1 Å². The molecule has 1 aliphatic rings. The highest BCUT2D eigenvalue weighted by molar-refractivity contribution is 5.97. The Hall–Kier alpha value is -1.71. The van der Waals surface area contributed by atoms with Crippen LogP contribution in [0.15, 0.2) is 18.2 Å². The highest BCUT2D eigenvalue weighted by Crippen LogP contribution is 2.35. The predicted octanol–water partition coefficient (Wildman–Crippen LogP) is 3.39. The molecule has 116 valence electrons. The molecule has 0 spiro atoms. The maximum Gasteiger partial charge on any atom is 0.257 e. The molecule has 1 saturated heterocycles. The number of rotatable bonds is 1. The second kappa shape index (κ2) is 5.96. The van der Waals surface area contributed by atoms with Gasteiger partial charge in [-0.3, -0.25) is 4.79 Å². The third-order valence-electron chi connectivity index (χ3n) is 4.45. The van der Waals surface area contributed by atoms with Crippen LogP contribution in [0.5, 0.6) is 11.5 Å². The second-order valence-electron chi connectivity index (χ2n) is 6.99. The fraction of sp³-hybridized carbons (Fsp3) is 0.588. The largest absolute Gasteiger partial charge is 0.508 e. The zero-order valence-electron chi connectivity index (χ0n) is 13.1. The van der Waals surface area contributed by atoms with Crippen LogP contribution in [-0.2, 0) is 0 Å². The zero-order valence-corrected chi connectivity index (χ0v) is 13.1. The highest BCUT2D eigenvalue weighted by Gasteiger charge is 2.29. The van der Waals surface area contributed by atoms with E-state index >= 15 is 0 Å². The number of hydrogen-bond acceptors (Lipinski definition) is 3. The van der Waals surface area contributed by atoms with Crippen molar-refractivity contribution in [3.05, 3.63) is 23.8 Å². The van der Waals surface area contributed by atoms with Crippen LogP contribution >= 0.6 is 0 Å². The Morgan fingerprint density at radius 1 is 1.19 bits per heavy atom. The molecule has 4 heteroatoms. The van der Waals surface area contributed by atoms with E-state index in [0.717, 1.165) is 19.3 Å². The maximum absolute atomic E-state index is 12.5. The minimum Gasteiger partial charge on any atom is -0.508 e. The Kier molecular flexibility index (Phi) is 4.45. The van der Waals surface area contributed by atoms with E-state index in [1.165, 1.54) is 18.2 Å². The summed E-state index contributed by atoms with van der Waals surface area (Å²) in [6, 6.07) is 4.08. The molecule has 1 amide bonds. The number of hydrogen-bond donors (Lipinski definition) is 2. The molecule has 0 bridgehead atoms. The lowest BCUT2D eigenvalue weighted by atomic mass is 9.77. The standard InChI is InChI=1S/C17H25NO3/c1-17(2,3)12-5-4-9-18(10-8-12)16(21)14-11-13(19)6-7-15(14)20/h6-7,11-12,19-20H,4-5,8-10H2,1-3H3. The molecule has 1 aromatic rings. The SMILES string of the molecule is CC(C)(C)C1CCCN(C(=O)c2cc(O)ccc2O)CC1. The molecule has 2 rings (SSSR count). The maximum atomic E-state index is 12.5. The van der Waals surface area contributed by atoms with Crippen molar-refractivity contribution in [2.75, 3.05) is 13.1 Å². The monoisotopic (exact) mass is 291 g/mol. The average molecular weight is 291 g/mol. The molecule has 0 radical (unpaired) electrons. The second-order valence-corrected chi connectivity index (χ2v) is 6.99. The molecule has 2 N–H and O–H groups in total. The van der Waals surface area contributed by atoms with E-state index in [4.69, 9.17) is 0 Å². The van der Waals surface area contributed by atoms with Crippen molar-refractivity contribution >= 4 is 5.91 Å². The van der Waals surface area contributed by atoms with Crippen molar-refractivity contribution in [1.82, 2.24) is 4.90 Å². The van der Waals surface area contributed by atoms with Gasteiger partial charge in [-0.2, -0.15) is 0 Å². The number of amides is 1. The molecule has 0 aromatic heterocycles. The summed E-state index contributed by atoms with van der Waals surface area (Å²) in [7, 11) is 0. The Labute approximate surface area is 126 Å². The first-order chi connectivity index (χ1) is 9.79. The minimum absolute atomic E-state index is 0.00135. The highest BCUT2D eigenvalue weighted by atomic mass is 16.3. The van der Waals surface area contributed by atoms with Crippen LogP contribution in [0.4, 0.5) is 0 Å². The first-order valence-corrected chi connectivity index (χ1v) is 7.60. The predicted molar refractivity (Wildman–Crippen MR) is 82.5 cm³/mol. The summed E-state index contributed by atoms with van der Waals surface area (Å²) in [6.45, 7) is 8.15. The summed E-state index contributed by atoms with van der Waals surface area (Å²) in [5.41, 5.74) is 0.441. The van der Waals surface area contributed by atoms with Gasteiger partial charge in [-0.1, -0.05) is 20.8 Å². The Balaban J connectivity index is 2.12. The van der Waals surface area contributed by atoms with Gasteiger partial charge in [0, 0.05) is 13.1 Å². The van der Waals surface area contributed by atoms with E-state index in [0.29, 0.717) is 19.0 Å². The van der Waals surface area contributed by atoms with Gasteiger partial charge >= 0.3 is 0 Å². The van der Waals surface area contributed by atoms with Crippen LogP contribution in [0.2, 0.25) is 0 Å². The summed E-state index contributed by atoms with van der Waals surface area (Å²) < 4.78 is 0. The van der Waals surface area contributed by atoms with Crippen molar-refractivity contribution in [2.24, 2.45) is 11.3 Å². The summed E-state index contributed by atoms with van der Waals surface area (Å²) >= 11 is 0. The number of carbonyl (C=O) groups excluding carboxylic acids is 1. The lowest BCUT2D eigenvalue weighted by Gasteiger charge is -2.29. The third kappa shape index (κ3) is 3.69. The topological polar surface area (TPSA) is 60.8 Å². The minimum atomic E-state index is -0.196. The van der Waals surface area contributed by atoms with Crippen molar-refractivity contribution in [1.29, 1.82) is 0 Å². The number of phenolic OH excluding ortho intramolecular Hbond substituents is 2. The van der Waals surface area contributed by atoms with Gasteiger partial charge in [0.15, 0.2) is 0 Å². The zero-order chi connectivity index (χ0) is 15.6. The Morgan fingerprint density at radius 2 is 1.90 bits per heavy atom. The quantitative estimate of drug-likeness (QED) is 0.780. The van der Waals surface area contributed by atoms with Gasteiger partial charge in [0.25, 0.3) is 5.91 Å². The lowest BCUT2D eigenvalue weighted by Crippen LogP contribution is -2.32. The summed E-state index contributed by atoms with van der Waals surface area (Å²) in [4.78, 5) is 14.3. The van der Waals surface area contributed by atoms with E-state index in [1.54, 1.807) is 4.90 Å². The number of aromatic hydroxyl groups is 2. The van der Waals surface area contributed by atoms with E-state index in [2.05, 4.69) is 20.8 Å². The number of likely N-dealkylation sites (tertiary alicyclic amines) is 1. The van der Waals surface area contributed by atoms with E-state index < -0.39 is 0 Å². The van der Waals surface area contributed by atoms with Crippen LogP contribution in [0.25, 0.3) is 0 Å². The number of nitrogens with zero attached hydrogens (tertiary/aromatic N) is 1. The van der Waals surface area contributed by atoms with E-state index in [9.17, 15) is 15.0 Å². The van der Waals surface area contributed by atoms with Gasteiger partial charge in [-0.25, -0.2) is 0 Å². The van der Waals surface area contributed by atoms with Crippen molar-refractivity contribution < 1.29 is 15.0 Å². The van der Waals surface area contributed by atoms with Gasteiger partial charge in [-0.15, -0.1) is 0 Å². The van der Waals surface area contributed by atoms with Crippen molar-refractivity contribution in [3.8, 4) is 11.5 Å². The first kappa shape index (κ1) is 15.7. The average Bonchev–Trinajstić information content (AvgIpc) is 2.66. The van der Waals surface area contributed by atoms with Crippen LogP contribution < -0.4 is 0 Å². The smallest absolute Gasteiger partial charge is 0.257 e. The molecule has 21 heavy (non-hydrogen) atoms. The molecule has 1 aliphatic heterocycles. The van der Waals surface area contributed by atoms with E-state index in [-0.39, 0.29) is 28.4 Å². The van der Waals surface area contributed by atoms with Gasteiger partial charge in [0.1, 0.15) is 11.5 Å². The molecule has 1 fully saturated rings. The van der Waals surface area contributed by atoms with Gasteiger partial charge in [0.05, 0.1) is 5.56 Å². The lowest BCUT2D eigenvalue weighted by molar-refractivity contribution is 0.0752. The Bertz CT molecular complexity index is 519. The van der Waals surface area contributed by atoms with Crippen molar-refractivity contribution in [2.45, 2.75) is 40.0 Å². The summed E-state index contributed by atoms with van der Waals surface area (Å²) in [6.07, 6.45) is 3.08. The molecule has 4 nitrogen and oxygen atoms in total. The fourth-order valence-electron chi connectivity index (χ4n) is 3.03. The molecular formula is C17H25NO3. The Morgan fingerprint density at radius 3 is 2.57 bits per heavy atom. The number of phenols is 2. The molecule has 1 heterocycles. The molecule has 1 unspecified atom stereocenters. The number of benzene rings is 1. The van der Waals surface area contributed by atoms with Crippen LogP contribution in [0, 0.1) is 11.3 Å². The molecular weight excluding hydrogens is 266 g/mol. The van der Waals surface area contributed by atoms with Gasteiger partial charge in [-0.05, 0) is 48.8 Å². The van der Waals surface area contributed by atoms with E-state index in [1.807, 2.05) is 0 Å². The first-order valence-electron chi connectivity index (χ1n) is 7.60. The molecule has 1 atom stereocenters. The molecule has 1 aromatic carbocycles. The van der Waals surface area contributed by atoms with Crippen LogP contribution in [0.3, 0.4) is 0 Å². The van der Waals surface area contributed by atoms with Gasteiger partial charge < -0.3 is 15.1 Å². The molecule has 0 saturated carbocycles. The summed E-state index contributed by atoms with van der Waals surface area (Å²) in [5.74, 6) is 0.332. The fourth-order valence-corrected chi connectivity index (χ4v) is 3.03. The normalized spacial score (nSPS) is 20.1. The van der Waals surface area contributed by atoms with Crippen molar-refractivity contribution in [3.63, 3.8) is 0 Å². The third-order valence-corrected chi connectivity index (χ3v) is 4.45. The van der Waals surface area contributed by atoms with Crippen LogP contribution in [0.1, 0.15) is 50.4 Å². The summed E-state index contributed by atoms with van der Waals surface area (Å²) in [5, 5.41) is 19.3.